The summed E-state index contributed by atoms with van der Waals surface area (Å²) >= 11 is 10.3. The number of hydroxylamine groups is 1. The highest BCUT2D eigenvalue weighted by atomic mass is 35.5. The van der Waals surface area contributed by atoms with Crippen LogP contribution in [-0.4, -0.2) is 24.4 Å². The topological polar surface area (TPSA) is 133 Å². The highest BCUT2D eigenvalue weighted by molar-refractivity contribution is 7.78. The van der Waals surface area contributed by atoms with E-state index < -0.39 is 24.9 Å². The van der Waals surface area contributed by atoms with Gasteiger partial charge in [0, 0.05) is 5.56 Å². The average molecular weight is 364 g/mol. The third kappa shape index (κ3) is 3.81. The number of alkyl halides is 2. The molecule has 20 heavy (non-hydrogen) atoms. The molecule has 0 aliphatic heterocycles. The lowest BCUT2D eigenvalue weighted by Crippen LogP contribution is -2.26. The van der Waals surface area contributed by atoms with Gasteiger partial charge < -0.3 is 14.7 Å². The van der Waals surface area contributed by atoms with Crippen LogP contribution in [0, 0.1) is 0 Å². The molecule has 0 fully saturated rings. The molecule has 0 aliphatic rings. The average Bonchev–Trinajstić information content (AvgIpc) is 2.35. The van der Waals surface area contributed by atoms with E-state index in [4.69, 9.17) is 33.0 Å². The molecule has 112 valence electrons. The van der Waals surface area contributed by atoms with Crippen molar-refractivity contribution in [2.24, 2.45) is 0 Å². The molecule has 1 atom stereocenters. The zero-order valence-electron chi connectivity index (χ0n) is 9.51. The van der Waals surface area contributed by atoms with Crippen LogP contribution in [0.15, 0.2) is 30.3 Å². The summed E-state index contributed by atoms with van der Waals surface area (Å²) < 4.78 is 23.2. The second-order valence-electron chi connectivity index (χ2n) is 3.46. The molecule has 0 aliphatic carbocycles. The molecular formula is C8H9Cl2NO7P2. The number of benzene rings is 1. The maximum Gasteiger partial charge on any atom is 0.397 e. The zero-order chi connectivity index (χ0) is 15.6. The molecule has 8 nitrogen and oxygen atoms in total. The molecule has 4 N–H and O–H groups in total. The number of carbonyl (C=O) groups is 1. The van der Waals surface area contributed by atoms with E-state index in [1.54, 1.807) is 11.5 Å². The summed E-state index contributed by atoms with van der Waals surface area (Å²) in [6, 6.07) is 7.43. The molecule has 0 heterocycles. The van der Waals surface area contributed by atoms with E-state index in [0.29, 0.717) is 0 Å². The first-order valence-electron chi connectivity index (χ1n) is 4.79. The van der Waals surface area contributed by atoms with Crippen LogP contribution in [-0.2, 0) is 13.8 Å². The zero-order valence-corrected chi connectivity index (χ0v) is 12.8. The van der Waals surface area contributed by atoms with Gasteiger partial charge in [-0.3, -0.25) is 13.9 Å². The van der Waals surface area contributed by atoms with E-state index in [-0.39, 0.29) is 5.56 Å². The van der Waals surface area contributed by atoms with Crippen molar-refractivity contribution in [3.63, 3.8) is 0 Å². The summed E-state index contributed by atoms with van der Waals surface area (Å²) in [5.74, 6) is -0.922. The van der Waals surface area contributed by atoms with Gasteiger partial charge in [-0.1, -0.05) is 41.4 Å². The number of hydrogen-bond donors (Lipinski definition) is 4. The highest BCUT2D eigenvalue weighted by Crippen LogP contribution is 2.75. The van der Waals surface area contributed by atoms with E-state index in [2.05, 4.69) is 4.62 Å². The third-order valence-electron chi connectivity index (χ3n) is 1.99. The Morgan fingerprint density at radius 3 is 2.10 bits per heavy atom. The van der Waals surface area contributed by atoms with E-state index in [9.17, 15) is 18.8 Å². The monoisotopic (exact) mass is 363 g/mol. The van der Waals surface area contributed by atoms with Gasteiger partial charge in [-0.05, 0) is 12.1 Å². The Balaban J connectivity index is 2.82. The first-order chi connectivity index (χ1) is 8.99. The first kappa shape index (κ1) is 17.6. The minimum atomic E-state index is -5.38. The summed E-state index contributed by atoms with van der Waals surface area (Å²) in [5, 5.41) is 0. The van der Waals surface area contributed by atoms with Crippen LogP contribution in [0.25, 0.3) is 0 Å². The lowest BCUT2D eigenvalue weighted by Gasteiger charge is -2.24. The summed E-state index contributed by atoms with van der Waals surface area (Å²) in [6.07, 6.45) is 0. The number of hydrogen-bond acceptors (Lipinski definition) is 4. The van der Waals surface area contributed by atoms with Crippen LogP contribution in [0.3, 0.4) is 0 Å². The van der Waals surface area contributed by atoms with Crippen LogP contribution >= 0.6 is 38.4 Å². The number of rotatable bonds is 5. The molecule has 1 aromatic rings. The van der Waals surface area contributed by atoms with Gasteiger partial charge in [-0.2, -0.15) is 4.62 Å². The molecule has 1 unspecified atom stereocenters. The van der Waals surface area contributed by atoms with Crippen molar-refractivity contribution in [1.29, 1.82) is 0 Å². The van der Waals surface area contributed by atoms with Crippen molar-refractivity contribution in [2.75, 3.05) is 0 Å². The highest BCUT2D eigenvalue weighted by Gasteiger charge is 2.60. The van der Waals surface area contributed by atoms with Gasteiger partial charge in [0.15, 0.2) is 0 Å². The summed E-state index contributed by atoms with van der Waals surface area (Å²) in [4.78, 5) is 38.4. The second-order valence-corrected chi connectivity index (χ2v) is 9.85. The Labute approximate surface area is 123 Å². The summed E-state index contributed by atoms with van der Waals surface area (Å²) in [7, 11) is -10.6. The molecule has 1 rings (SSSR count). The van der Waals surface area contributed by atoms with Gasteiger partial charge in [0.2, 0.25) is 0 Å². The fraction of sp³-hybridized carbons (Fsp3) is 0.125. The maximum atomic E-state index is 11.6. The van der Waals surface area contributed by atoms with Gasteiger partial charge in [-0.15, -0.1) is 0 Å². The second kappa shape index (κ2) is 6.13. The first-order valence-corrected chi connectivity index (χ1v) is 8.74. The minimum absolute atomic E-state index is 0.0819. The number of carbonyl (C=O) groups excluding carboxylic acids is 1. The molecule has 0 saturated heterocycles. The number of amides is 1. The molecule has 0 spiro atoms. The van der Waals surface area contributed by atoms with E-state index >= 15 is 0 Å². The summed E-state index contributed by atoms with van der Waals surface area (Å²) in [5.41, 5.74) is 1.64. The van der Waals surface area contributed by atoms with Gasteiger partial charge in [-0.25, -0.2) is 5.48 Å². The smallest absolute Gasteiger partial charge is 0.322 e. The van der Waals surface area contributed by atoms with Crippen molar-refractivity contribution >= 4 is 44.3 Å². The molecular weight excluding hydrogens is 355 g/mol. The van der Waals surface area contributed by atoms with Crippen molar-refractivity contribution in [3.8, 4) is 0 Å². The van der Waals surface area contributed by atoms with Crippen molar-refractivity contribution in [3.05, 3.63) is 35.9 Å². The molecule has 0 bridgehead atoms. The molecule has 1 aromatic carbocycles. The Hall–Kier alpha value is -0.430. The normalized spacial score (nSPS) is 15.4. The maximum absolute atomic E-state index is 11.6. The van der Waals surface area contributed by atoms with Crippen molar-refractivity contribution in [2.45, 2.75) is 3.82 Å². The quantitative estimate of drug-likeness (QED) is 0.356. The lowest BCUT2D eigenvalue weighted by atomic mass is 10.2. The van der Waals surface area contributed by atoms with Crippen LogP contribution < -0.4 is 5.48 Å². The van der Waals surface area contributed by atoms with E-state index in [1.165, 1.54) is 24.3 Å². The summed E-state index contributed by atoms with van der Waals surface area (Å²) in [6.45, 7) is 0. The minimum Gasteiger partial charge on any atom is -0.322 e. The van der Waals surface area contributed by atoms with Crippen molar-refractivity contribution in [1.82, 2.24) is 5.48 Å². The van der Waals surface area contributed by atoms with Crippen LogP contribution in [0.2, 0.25) is 0 Å². The Kier molecular flexibility index (Phi) is 5.40. The van der Waals surface area contributed by atoms with E-state index in [0.717, 1.165) is 0 Å². The fourth-order valence-corrected chi connectivity index (χ4v) is 2.93. The van der Waals surface area contributed by atoms with Gasteiger partial charge in [0.25, 0.3) is 5.91 Å². The molecule has 0 saturated carbocycles. The van der Waals surface area contributed by atoms with Gasteiger partial charge >= 0.3 is 19.0 Å². The predicted octanol–water partition coefficient (Wildman–Crippen LogP) is 1.80. The van der Waals surface area contributed by atoms with E-state index in [1.807, 2.05) is 0 Å². The predicted molar refractivity (Wildman–Crippen MR) is 71.3 cm³/mol. The molecule has 0 aromatic heterocycles. The van der Waals surface area contributed by atoms with Crippen LogP contribution in [0.1, 0.15) is 10.4 Å². The third-order valence-corrected chi connectivity index (χ3v) is 7.85. The SMILES string of the molecule is O=C(NOP(=O)(O)C(Cl)(Cl)P(=O)(O)O)c1ccccc1. The van der Waals surface area contributed by atoms with Crippen molar-refractivity contribution < 1.29 is 33.2 Å². The van der Waals surface area contributed by atoms with Gasteiger partial charge in [0.1, 0.15) is 0 Å². The molecule has 0 radical (unpaired) electrons. The number of halogens is 2. The standard InChI is InChI=1S/C8H9Cl2NO7P2/c9-8(10,19(13,14)15)20(16,17)18-11-7(12)6-4-2-1-3-5-6/h1-5H,(H,11,12)(H,16,17)(H2,13,14,15). The van der Waals surface area contributed by atoms with Crippen LogP contribution in [0.4, 0.5) is 0 Å². The Bertz CT molecular complexity index is 588. The van der Waals surface area contributed by atoms with Crippen LogP contribution in [0.5, 0.6) is 0 Å². The lowest BCUT2D eigenvalue weighted by molar-refractivity contribution is 0.0728. The molecule has 1 amide bonds. The Morgan fingerprint density at radius 2 is 1.65 bits per heavy atom. The molecule has 12 heteroatoms. The van der Waals surface area contributed by atoms with Gasteiger partial charge in [0.05, 0.1) is 0 Å². The largest absolute Gasteiger partial charge is 0.397 e. The fourth-order valence-electron chi connectivity index (χ4n) is 0.971. The Morgan fingerprint density at radius 1 is 1.15 bits per heavy atom. The number of nitrogens with one attached hydrogen (secondary N) is 1.